The normalized spacial score (nSPS) is 21.8. The van der Waals surface area contributed by atoms with Gasteiger partial charge in [0.15, 0.2) is 0 Å². The van der Waals surface area contributed by atoms with Crippen molar-refractivity contribution >= 4 is 16.9 Å². The molecule has 1 aromatic carbocycles. The van der Waals surface area contributed by atoms with Crippen LogP contribution in [0.4, 0.5) is 4.79 Å². The molecule has 0 saturated heterocycles. The number of para-hydroxylation sites is 1. The zero-order valence-corrected chi connectivity index (χ0v) is 17.3. The highest BCUT2D eigenvalue weighted by Crippen LogP contribution is 2.34. The predicted molar refractivity (Wildman–Crippen MR) is 112 cm³/mol. The van der Waals surface area contributed by atoms with Gasteiger partial charge >= 0.3 is 6.03 Å². The molecule has 0 unspecified atom stereocenters. The standard InChI is InChI=1S/C22H32N4O2/c1-4-28-20-7-5-6-18-17-9-11-26(14-19(17)24-21(18)20)10-8-15-12-16(13-15)23-22(27)25(2)3/h5-7,15-16,24H,4,8-14H2,1-3H3,(H,23,27). The van der Waals surface area contributed by atoms with Crippen LogP contribution in [0, 0.1) is 5.92 Å². The second-order valence-corrected chi connectivity index (χ2v) is 8.39. The number of H-pyrrole nitrogens is 1. The van der Waals surface area contributed by atoms with Crippen LogP contribution in [0.1, 0.15) is 37.4 Å². The van der Waals surface area contributed by atoms with Crippen LogP contribution in [-0.2, 0) is 13.0 Å². The zero-order chi connectivity index (χ0) is 19.7. The van der Waals surface area contributed by atoms with E-state index < -0.39 is 0 Å². The number of urea groups is 1. The van der Waals surface area contributed by atoms with E-state index in [9.17, 15) is 4.79 Å². The van der Waals surface area contributed by atoms with E-state index >= 15 is 0 Å². The first-order chi connectivity index (χ1) is 13.5. The number of rotatable bonds is 6. The highest BCUT2D eigenvalue weighted by molar-refractivity contribution is 5.89. The average molecular weight is 385 g/mol. The van der Waals surface area contributed by atoms with Gasteiger partial charge in [-0.05, 0) is 56.7 Å². The number of nitrogens with one attached hydrogen (secondary N) is 2. The van der Waals surface area contributed by atoms with E-state index in [0.29, 0.717) is 12.6 Å². The number of nitrogens with zero attached hydrogens (tertiary/aromatic N) is 2. The van der Waals surface area contributed by atoms with Crippen molar-refractivity contribution in [1.29, 1.82) is 0 Å². The van der Waals surface area contributed by atoms with Crippen molar-refractivity contribution in [2.24, 2.45) is 5.92 Å². The van der Waals surface area contributed by atoms with Crippen molar-refractivity contribution in [2.45, 2.75) is 45.2 Å². The van der Waals surface area contributed by atoms with E-state index in [-0.39, 0.29) is 6.03 Å². The summed E-state index contributed by atoms with van der Waals surface area (Å²) in [5.74, 6) is 1.70. The topological polar surface area (TPSA) is 60.6 Å². The molecule has 0 bridgehead atoms. The van der Waals surface area contributed by atoms with Crippen LogP contribution < -0.4 is 10.1 Å². The molecule has 1 fully saturated rings. The molecule has 2 heterocycles. The van der Waals surface area contributed by atoms with Gasteiger partial charge in [0.05, 0.1) is 12.1 Å². The molecule has 4 rings (SSSR count). The highest BCUT2D eigenvalue weighted by atomic mass is 16.5. The van der Waals surface area contributed by atoms with Crippen molar-refractivity contribution in [1.82, 2.24) is 20.1 Å². The van der Waals surface area contributed by atoms with Gasteiger partial charge < -0.3 is 19.9 Å². The van der Waals surface area contributed by atoms with Gasteiger partial charge in [-0.2, -0.15) is 0 Å². The Morgan fingerprint density at radius 2 is 2.18 bits per heavy atom. The van der Waals surface area contributed by atoms with Crippen molar-refractivity contribution in [2.75, 3.05) is 33.8 Å². The number of carbonyl (C=O) groups is 1. The van der Waals surface area contributed by atoms with Gasteiger partial charge in [0.1, 0.15) is 5.75 Å². The van der Waals surface area contributed by atoms with Crippen LogP contribution >= 0.6 is 0 Å². The van der Waals surface area contributed by atoms with Crippen LogP contribution in [0.2, 0.25) is 0 Å². The number of fused-ring (bicyclic) bond motifs is 3. The first-order valence-corrected chi connectivity index (χ1v) is 10.5. The van der Waals surface area contributed by atoms with Crippen molar-refractivity contribution < 1.29 is 9.53 Å². The Kier molecular flexibility index (Phi) is 5.49. The lowest BCUT2D eigenvalue weighted by Gasteiger charge is -2.38. The van der Waals surface area contributed by atoms with Crippen LogP contribution in [0.3, 0.4) is 0 Å². The van der Waals surface area contributed by atoms with Crippen LogP contribution in [0.15, 0.2) is 18.2 Å². The SMILES string of the molecule is CCOc1cccc2c3c([nH]c12)CN(CCC1CC(NC(=O)N(C)C)C1)CC3. The van der Waals surface area contributed by atoms with Gasteiger partial charge in [-0.15, -0.1) is 0 Å². The third-order valence-corrected chi connectivity index (χ3v) is 6.17. The molecule has 1 aliphatic heterocycles. The fourth-order valence-electron chi connectivity index (χ4n) is 4.52. The van der Waals surface area contributed by atoms with Crippen LogP contribution in [0.5, 0.6) is 5.75 Å². The van der Waals surface area contributed by atoms with Gasteiger partial charge in [0.2, 0.25) is 0 Å². The summed E-state index contributed by atoms with van der Waals surface area (Å²) in [5.41, 5.74) is 3.95. The molecular weight excluding hydrogens is 352 g/mol. The van der Waals surface area contributed by atoms with Crippen molar-refractivity contribution in [3.8, 4) is 5.75 Å². The second kappa shape index (κ2) is 8.03. The maximum atomic E-state index is 11.7. The summed E-state index contributed by atoms with van der Waals surface area (Å²) < 4.78 is 5.80. The molecule has 1 aromatic heterocycles. The Labute approximate surface area is 167 Å². The molecule has 152 valence electrons. The smallest absolute Gasteiger partial charge is 0.317 e. The summed E-state index contributed by atoms with van der Waals surface area (Å²) in [4.78, 5) is 19.5. The molecule has 6 nitrogen and oxygen atoms in total. The fourth-order valence-corrected chi connectivity index (χ4v) is 4.52. The quantitative estimate of drug-likeness (QED) is 0.803. The zero-order valence-electron chi connectivity index (χ0n) is 17.3. The highest BCUT2D eigenvalue weighted by Gasteiger charge is 2.31. The predicted octanol–water partition coefficient (Wildman–Crippen LogP) is 3.36. The fraction of sp³-hybridized carbons (Fsp3) is 0.591. The Bertz CT molecular complexity index is 838. The minimum atomic E-state index is 0.0252. The first-order valence-electron chi connectivity index (χ1n) is 10.5. The van der Waals surface area contributed by atoms with Crippen LogP contribution in [0.25, 0.3) is 10.9 Å². The van der Waals surface area contributed by atoms with E-state index in [2.05, 4.69) is 27.3 Å². The summed E-state index contributed by atoms with van der Waals surface area (Å²) in [6.45, 7) is 5.95. The summed E-state index contributed by atoms with van der Waals surface area (Å²) in [6.07, 6.45) is 4.54. The van der Waals surface area contributed by atoms with E-state index in [4.69, 9.17) is 4.74 Å². The Hall–Kier alpha value is -2.21. The van der Waals surface area contributed by atoms with Crippen LogP contribution in [-0.4, -0.2) is 60.6 Å². The first kappa shape index (κ1) is 19.1. The molecule has 2 aromatic rings. The largest absolute Gasteiger partial charge is 0.492 e. The Morgan fingerprint density at radius 1 is 1.36 bits per heavy atom. The lowest BCUT2D eigenvalue weighted by Crippen LogP contribution is -2.48. The van der Waals surface area contributed by atoms with E-state index in [1.165, 1.54) is 23.1 Å². The number of hydrogen-bond donors (Lipinski definition) is 2. The number of benzene rings is 1. The minimum absolute atomic E-state index is 0.0252. The van der Waals surface area contributed by atoms with Gasteiger partial charge in [-0.25, -0.2) is 4.79 Å². The summed E-state index contributed by atoms with van der Waals surface area (Å²) in [6, 6.07) is 6.74. The van der Waals surface area contributed by atoms with Crippen molar-refractivity contribution in [3.05, 3.63) is 29.5 Å². The molecular formula is C22H32N4O2. The molecule has 28 heavy (non-hydrogen) atoms. The third kappa shape index (κ3) is 3.83. The molecule has 2 aliphatic rings. The molecule has 6 heteroatoms. The summed E-state index contributed by atoms with van der Waals surface area (Å²) >= 11 is 0. The minimum Gasteiger partial charge on any atom is -0.492 e. The number of aromatic nitrogens is 1. The number of carbonyl (C=O) groups excluding carboxylic acids is 1. The molecule has 0 spiro atoms. The number of hydrogen-bond acceptors (Lipinski definition) is 3. The second-order valence-electron chi connectivity index (χ2n) is 8.39. The number of aromatic amines is 1. The van der Waals surface area contributed by atoms with Gasteiger partial charge in [0.25, 0.3) is 0 Å². The lowest BCUT2D eigenvalue weighted by molar-refractivity contribution is 0.159. The van der Waals surface area contributed by atoms with Crippen molar-refractivity contribution in [3.63, 3.8) is 0 Å². The molecule has 2 N–H and O–H groups in total. The van der Waals surface area contributed by atoms with Gasteiger partial charge in [-0.1, -0.05) is 12.1 Å². The molecule has 1 saturated carbocycles. The average Bonchev–Trinajstić information content (AvgIpc) is 3.02. The van der Waals surface area contributed by atoms with Gasteiger partial charge in [-0.3, -0.25) is 4.90 Å². The molecule has 0 radical (unpaired) electrons. The third-order valence-electron chi connectivity index (χ3n) is 6.17. The number of ether oxygens (including phenoxy) is 1. The lowest BCUT2D eigenvalue weighted by atomic mass is 9.78. The maximum absolute atomic E-state index is 11.7. The summed E-state index contributed by atoms with van der Waals surface area (Å²) in [5, 5.41) is 4.40. The monoisotopic (exact) mass is 384 g/mol. The summed E-state index contributed by atoms with van der Waals surface area (Å²) in [7, 11) is 3.58. The maximum Gasteiger partial charge on any atom is 0.317 e. The van der Waals surface area contributed by atoms with E-state index in [0.717, 1.165) is 56.1 Å². The van der Waals surface area contributed by atoms with E-state index in [1.807, 2.05) is 13.0 Å². The number of amides is 2. The molecule has 0 atom stereocenters. The van der Waals surface area contributed by atoms with Gasteiger partial charge in [0, 0.05) is 44.3 Å². The molecule has 1 aliphatic carbocycles. The Balaban J connectivity index is 1.30. The van der Waals surface area contributed by atoms with E-state index in [1.54, 1.807) is 19.0 Å². The Morgan fingerprint density at radius 3 is 2.93 bits per heavy atom. The molecule has 2 amide bonds.